The predicted octanol–water partition coefficient (Wildman–Crippen LogP) is 15.3. The van der Waals surface area contributed by atoms with Crippen LogP contribution in [0.25, 0.3) is 0 Å². The summed E-state index contributed by atoms with van der Waals surface area (Å²) in [7, 11) is -2.58. The molecule has 0 aliphatic heterocycles. The van der Waals surface area contributed by atoms with Gasteiger partial charge in [0.15, 0.2) is 0 Å². The lowest BCUT2D eigenvalue weighted by Crippen LogP contribution is -2.46. The summed E-state index contributed by atoms with van der Waals surface area (Å²) in [6.07, 6.45) is 40.9. The first-order valence-corrected chi connectivity index (χ1v) is 21.8. The van der Waals surface area contributed by atoms with E-state index in [1.807, 2.05) is 0 Å². The third-order valence-electron chi connectivity index (χ3n) is 10.5. The fraction of sp³-hybridized carbons (Fsp3) is 1.00. The van der Waals surface area contributed by atoms with Crippen molar-refractivity contribution in [1.82, 2.24) is 0 Å². The zero-order chi connectivity index (χ0) is 30.4. The summed E-state index contributed by atoms with van der Waals surface area (Å²) in [4.78, 5) is 14.9. The second-order valence-electron chi connectivity index (χ2n) is 14.4. The Bertz CT molecular complexity index is 436. The van der Waals surface area contributed by atoms with E-state index >= 15 is 0 Å². The SMILES string of the molecule is CCCCCCCCCCCC(C)[Si]([O])(C(C)CCCCCCCCCCC)C(C)CCCCCCCCCCC. The molecule has 0 rings (SSSR count). The van der Waals surface area contributed by atoms with Gasteiger partial charge in [-0.15, -0.1) is 0 Å². The average molecular weight is 594 g/mol. The van der Waals surface area contributed by atoms with Gasteiger partial charge in [-0.1, -0.05) is 234 Å². The fourth-order valence-electron chi connectivity index (χ4n) is 7.42. The zero-order valence-electron chi connectivity index (χ0n) is 29.9. The van der Waals surface area contributed by atoms with Crippen LogP contribution in [-0.4, -0.2) is 8.32 Å². The van der Waals surface area contributed by atoms with Crippen LogP contribution in [0.2, 0.25) is 16.6 Å². The molecule has 0 aromatic carbocycles. The van der Waals surface area contributed by atoms with E-state index in [9.17, 15) is 4.80 Å². The highest BCUT2D eigenvalue weighted by atomic mass is 28.4. The summed E-state index contributed by atoms with van der Waals surface area (Å²) in [6.45, 7) is 14.1. The van der Waals surface area contributed by atoms with Crippen molar-refractivity contribution in [2.24, 2.45) is 0 Å². The Morgan fingerprint density at radius 2 is 0.488 bits per heavy atom. The molecule has 0 fully saturated rings. The minimum Gasteiger partial charge on any atom is -0.296 e. The van der Waals surface area contributed by atoms with Crippen LogP contribution in [0, 0.1) is 0 Å². The van der Waals surface area contributed by atoms with Gasteiger partial charge in [-0.3, -0.25) is 4.80 Å². The van der Waals surface area contributed by atoms with E-state index in [1.165, 1.54) is 193 Å². The molecule has 0 aliphatic rings. The molecule has 0 saturated heterocycles. The molecule has 0 heterocycles. The largest absolute Gasteiger partial charge is 0.296 e. The Morgan fingerprint density at radius 3 is 0.683 bits per heavy atom. The highest BCUT2D eigenvalue weighted by molar-refractivity contribution is 6.76. The van der Waals surface area contributed by atoms with E-state index < -0.39 is 8.32 Å². The van der Waals surface area contributed by atoms with Gasteiger partial charge in [0.1, 0.15) is 0 Å². The van der Waals surface area contributed by atoms with E-state index in [4.69, 9.17) is 0 Å². The van der Waals surface area contributed by atoms with Crippen molar-refractivity contribution in [1.29, 1.82) is 0 Å². The van der Waals surface area contributed by atoms with Crippen LogP contribution in [-0.2, 0) is 4.80 Å². The second kappa shape index (κ2) is 30.2. The van der Waals surface area contributed by atoms with Gasteiger partial charge in [-0.2, -0.15) is 0 Å². The Labute approximate surface area is 263 Å². The van der Waals surface area contributed by atoms with Crippen molar-refractivity contribution < 1.29 is 4.80 Å². The van der Waals surface area contributed by atoms with Crippen LogP contribution < -0.4 is 0 Å². The Morgan fingerprint density at radius 1 is 0.317 bits per heavy atom. The Kier molecular flexibility index (Phi) is 30.3. The van der Waals surface area contributed by atoms with Gasteiger partial charge < -0.3 is 0 Å². The monoisotopic (exact) mass is 594 g/mol. The topological polar surface area (TPSA) is 19.9 Å². The van der Waals surface area contributed by atoms with Crippen molar-refractivity contribution in [2.45, 2.75) is 251 Å². The molecular formula is C39H81OSi. The van der Waals surface area contributed by atoms with Crippen LogP contribution in [0.3, 0.4) is 0 Å². The van der Waals surface area contributed by atoms with E-state index in [2.05, 4.69) is 41.5 Å². The lowest BCUT2D eigenvalue weighted by atomic mass is 10.1. The summed E-state index contributed by atoms with van der Waals surface area (Å²) >= 11 is 0. The average Bonchev–Trinajstić information content (AvgIpc) is 2.97. The first-order valence-electron chi connectivity index (χ1n) is 19.6. The summed E-state index contributed by atoms with van der Waals surface area (Å²) in [5.74, 6) is 0. The van der Waals surface area contributed by atoms with Crippen molar-refractivity contribution in [3.8, 4) is 0 Å². The molecule has 1 nitrogen and oxygen atoms in total. The van der Waals surface area contributed by atoms with Crippen LogP contribution in [0.15, 0.2) is 0 Å². The van der Waals surface area contributed by atoms with E-state index in [0.717, 1.165) is 0 Å². The fourth-order valence-corrected chi connectivity index (χ4v) is 12.3. The number of hydrogen-bond acceptors (Lipinski definition) is 0. The van der Waals surface area contributed by atoms with E-state index in [-0.39, 0.29) is 0 Å². The molecule has 0 amide bonds. The molecule has 41 heavy (non-hydrogen) atoms. The van der Waals surface area contributed by atoms with E-state index in [1.54, 1.807) is 0 Å². The lowest BCUT2D eigenvalue weighted by Gasteiger charge is -2.39. The number of hydrogen-bond donors (Lipinski definition) is 0. The molecule has 0 N–H and O–H groups in total. The summed E-state index contributed by atoms with van der Waals surface area (Å²) in [5.41, 5.74) is 1.32. The third-order valence-corrected chi connectivity index (χ3v) is 16.0. The van der Waals surface area contributed by atoms with Gasteiger partial charge in [0.25, 0.3) is 0 Å². The summed E-state index contributed by atoms with van der Waals surface area (Å²) in [6, 6.07) is 0. The third kappa shape index (κ3) is 22.4. The molecule has 0 bridgehead atoms. The standard InChI is InChI=1S/C39H81OSi/c1-7-10-13-16-19-22-25-28-31-34-37(4)41(40,38(5)35-32-29-26-23-20-17-14-11-8-2)39(6)36-33-30-27-24-21-18-15-12-9-3/h37-39H,7-36H2,1-6H3. The van der Waals surface area contributed by atoms with Gasteiger partial charge in [0.2, 0.25) is 8.32 Å². The summed E-state index contributed by atoms with van der Waals surface area (Å²) in [5, 5.41) is 0. The summed E-state index contributed by atoms with van der Waals surface area (Å²) < 4.78 is 0. The maximum atomic E-state index is 14.9. The maximum absolute atomic E-state index is 14.9. The molecule has 247 valence electrons. The van der Waals surface area contributed by atoms with Gasteiger partial charge in [-0.25, -0.2) is 0 Å². The molecular weight excluding hydrogens is 513 g/mol. The molecule has 2 heteroatoms. The van der Waals surface area contributed by atoms with Crippen LogP contribution >= 0.6 is 0 Å². The molecule has 3 atom stereocenters. The molecule has 0 spiro atoms. The molecule has 0 aromatic rings. The van der Waals surface area contributed by atoms with Crippen molar-refractivity contribution in [3.05, 3.63) is 0 Å². The predicted molar refractivity (Wildman–Crippen MR) is 190 cm³/mol. The highest BCUT2D eigenvalue weighted by Gasteiger charge is 2.48. The van der Waals surface area contributed by atoms with Gasteiger partial charge in [0, 0.05) is 0 Å². The maximum Gasteiger partial charge on any atom is 0.245 e. The minimum atomic E-state index is -2.58. The van der Waals surface area contributed by atoms with Gasteiger partial charge >= 0.3 is 0 Å². The van der Waals surface area contributed by atoms with Crippen molar-refractivity contribution in [2.75, 3.05) is 0 Å². The second-order valence-corrected chi connectivity index (χ2v) is 19.1. The molecule has 0 aromatic heterocycles. The smallest absolute Gasteiger partial charge is 0.245 e. The van der Waals surface area contributed by atoms with Crippen molar-refractivity contribution >= 4 is 8.32 Å². The normalized spacial score (nSPS) is 15.6. The van der Waals surface area contributed by atoms with Crippen LogP contribution in [0.5, 0.6) is 0 Å². The minimum absolute atomic E-state index is 0.439. The van der Waals surface area contributed by atoms with E-state index in [0.29, 0.717) is 16.6 Å². The molecule has 0 aliphatic carbocycles. The quantitative estimate of drug-likeness (QED) is 0.0532. The Balaban J connectivity index is 4.60. The van der Waals surface area contributed by atoms with Crippen molar-refractivity contribution in [3.63, 3.8) is 0 Å². The van der Waals surface area contributed by atoms with Gasteiger partial charge in [-0.05, 0) is 16.6 Å². The van der Waals surface area contributed by atoms with Gasteiger partial charge in [0.05, 0.1) is 0 Å². The number of rotatable bonds is 33. The lowest BCUT2D eigenvalue weighted by molar-refractivity contribution is 0.346. The molecule has 1 radical (unpaired) electrons. The molecule has 3 unspecified atom stereocenters. The van der Waals surface area contributed by atoms with Crippen LogP contribution in [0.4, 0.5) is 0 Å². The van der Waals surface area contributed by atoms with Crippen LogP contribution in [0.1, 0.15) is 234 Å². The first-order chi connectivity index (χ1) is 19.9. The molecule has 0 saturated carbocycles. The first kappa shape index (κ1) is 41.2. The Hall–Kier alpha value is 0.177. The number of unbranched alkanes of at least 4 members (excludes halogenated alkanes) is 24. The highest BCUT2D eigenvalue weighted by Crippen LogP contribution is 2.47. The zero-order valence-corrected chi connectivity index (χ0v) is 30.9.